The summed E-state index contributed by atoms with van der Waals surface area (Å²) in [5, 5.41) is 12.8. The van der Waals surface area contributed by atoms with Gasteiger partial charge in [0.05, 0.1) is 31.5 Å². The standard InChI is InChI=1S/C24H25N5O3S/c1-4-17-13-16(5-10-21(17)32-3)14-22(30)29-12-11-20(27-29)18-6-8-19(9-7-18)25-24(31)23-15(2)26-28-33-23/h5-10,13H,4,11-12,14H2,1-3H3,(H,25,31). The number of nitrogens with one attached hydrogen (secondary N) is 1. The van der Waals surface area contributed by atoms with Gasteiger partial charge in [0, 0.05) is 12.1 Å². The maximum absolute atomic E-state index is 12.8. The summed E-state index contributed by atoms with van der Waals surface area (Å²) >= 11 is 1.07. The van der Waals surface area contributed by atoms with E-state index in [4.69, 9.17) is 4.74 Å². The number of hydrazone groups is 1. The van der Waals surface area contributed by atoms with E-state index in [2.05, 4.69) is 26.9 Å². The van der Waals surface area contributed by atoms with Crippen LogP contribution in [0.1, 0.15) is 45.4 Å². The Morgan fingerprint density at radius 2 is 1.97 bits per heavy atom. The average molecular weight is 464 g/mol. The van der Waals surface area contributed by atoms with E-state index in [9.17, 15) is 9.59 Å². The van der Waals surface area contributed by atoms with Crippen molar-refractivity contribution in [1.29, 1.82) is 0 Å². The fourth-order valence-electron chi connectivity index (χ4n) is 3.70. The number of anilines is 1. The van der Waals surface area contributed by atoms with Crippen molar-refractivity contribution in [2.75, 3.05) is 19.0 Å². The molecule has 0 atom stereocenters. The van der Waals surface area contributed by atoms with Crippen molar-refractivity contribution in [2.24, 2.45) is 5.10 Å². The van der Waals surface area contributed by atoms with Crippen LogP contribution in [0.4, 0.5) is 5.69 Å². The first-order chi connectivity index (χ1) is 16.0. The Bertz CT molecular complexity index is 1200. The quantitative estimate of drug-likeness (QED) is 0.574. The van der Waals surface area contributed by atoms with E-state index in [1.807, 2.05) is 42.5 Å². The summed E-state index contributed by atoms with van der Waals surface area (Å²) in [5.74, 6) is 0.582. The van der Waals surface area contributed by atoms with Crippen LogP contribution < -0.4 is 10.1 Å². The molecule has 0 unspecified atom stereocenters. The zero-order valence-electron chi connectivity index (χ0n) is 18.8. The minimum Gasteiger partial charge on any atom is -0.496 e. The van der Waals surface area contributed by atoms with Crippen molar-refractivity contribution >= 4 is 34.7 Å². The Balaban J connectivity index is 1.39. The van der Waals surface area contributed by atoms with Gasteiger partial charge in [-0.05, 0) is 59.8 Å². The molecule has 1 aromatic heterocycles. The van der Waals surface area contributed by atoms with Crippen molar-refractivity contribution in [2.45, 2.75) is 33.1 Å². The molecule has 0 saturated carbocycles. The zero-order valence-corrected chi connectivity index (χ0v) is 19.6. The van der Waals surface area contributed by atoms with Crippen LogP contribution in [-0.4, -0.2) is 45.8 Å². The average Bonchev–Trinajstić information content (AvgIpc) is 3.49. The summed E-state index contributed by atoms with van der Waals surface area (Å²) in [6.45, 7) is 4.38. The molecule has 0 saturated heterocycles. The highest BCUT2D eigenvalue weighted by molar-refractivity contribution is 7.08. The number of carbonyl (C=O) groups is 2. The molecular formula is C24H25N5O3S. The van der Waals surface area contributed by atoms with E-state index >= 15 is 0 Å². The molecule has 1 aliphatic rings. The minimum atomic E-state index is -0.227. The first-order valence-electron chi connectivity index (χ1n) is 10.7. The third-order valence-electron chi connectivity index (χ3n) is 5.50. The second kappa shape index (κ2) is 9.91. The summed E-state index contributed by atoms with van der Waals surface area (Å²) < 4.78 is 9.16. The number of ether oxygens (including phenoxy) is 1. The molecule has 2 amide bonds. The van der Waals surface area contributed by atoms with Gasteiger partial charge in [-0.15, -0.1) is 5.10 Å². The summed E-state index contributed by atoms with van der Waals surface area (Å²) in [5.41, 5.74) is 5.11. The molecule has 0 fully saturated rings. The van der Waals surface area contributed by atoms with Crippen LogP contribution in [0.25, 0.3) is 0 Å². The fourth-order valence-corrected chi connectivity index (χ4v) is 4.25. The van der Waals surface area contributed by atoms with Crippen LogP contribution in [0.3, 0.4) is 0 Å². The van der Waals surface area contributed by atoms with Crippen molar-refractivity contribution in [3.63, 3.8) is 0 Å². The first-order valence-corrected chi connectivity index (χ1v) is 11.5. The molecule has 0 radical (unpaired) electrons. The smallest absolute Gasteiger partial charge is 0.269 e. The summed E-state index contributed by atoms with van der Waals surface area (Å²) in [4.78, 5) is 25.6. The Morgan fingerprint density at radius 3 is 2.64 bits per heavy atom. The van der Waals surface area contributed by atoms with E-state index in [1.54, 1.807) is 19.0 Å². The highest BCUT2D eigenvalue weighted by Crippen LogP contribution is 2.22. The van der Waals surface area contributed by atoms with Crippen LogP contribution in [-0.2, 0) is 17.6 Å². The zero-order chi connectivity index (χ0) is 23.4. The molecule has 1 aliphatic heterocycles. The van der Waals surface area contributed by atoms with E-state index in [0.29, 0.717) is 35.6 Å². The van der Waals surface area contributed by atoms with Crippen molar-refractivity contribution in [3.05, 3.63) is 69.7 Å². The molecule has 0 spiro atoms. The van der Waals surface area contributed by atoms with E-state index in [-0.39, 0.29) is 11.8 Å². The Kier molecular flexibility index (Phi) is 6.79. The number of aromatic nitrogens is 2. The lowest BCUT2D eigenvalue weighted by Crippen LogP contribution is -2.25. The number of methoxy groups -OCH3 is 1. The topological polar surface area (TPSA) is 96.8 Å². The maximum Gasteiger partial charge on any atom is 0.269 e. The number of hydrogen-bond donors (Lipinski definition) is 1. The van der Waals surface area contributed by atoms with Crippen LogP contribution >= 0.6 is 11.5 Å². The molecule has 170 valence electrons. The number of rotatable bonds is 7. The van der Waals surface area contributed by atoms with E-state index in [1.165, 1.54) is 0 Å². The second-order valence-corrected chi connectivity index (χ2v) is 8.46. The Labute approximate surface area is 196 Å². The predicted octanol–water partition coefficient (Wildman–Crippen LogP) is 3.85. The van der Waals surface area contributed by atoms with Gasteiger partial charge in [-0.25, -0.2) is 5.01 Å². The van der Waals surface area contributed by atoms with Crippen LogP contribution in [0.5, 0.6) is 5.75 Å². The molecule has 1 N–H and O–H groups in total. The molecule has 33 heavy (non-hydrogen) atoms. The van der Waals surface area contributed by atoms with E-state index < -0.39 is 0 Å². The Morgan fingerprint density at radius 1 is 1.18 bits per heavy atom. The van der Waals surface area contributed by atoms with Crippen LogP contribution in [0, 0.1) is 6.92 Å². The molecular weight excluding hydrogens is 438 g/mol. The lowest BCUT2D eigenvalue weighted by Gasteiger charge is -2.13. The molecule has 3 aromatic rings. The summed E-state index contributed by atoms with van der Waals surface area (Å²) in [6, 6.07) is 13.3. The van der Waals surface area contributed by atoms with Gasteiger partial charge >= 0.3 is 0 Å². The lowest BCUT2D eigenvalue weighted by atomic mass is 10.0. The number of hydrogen-bond acceptors (Lipinski definition) is 7. The first kappa shape index (κ1) is 22.6. The van der Waals surface area contributed by atoms with Crippen LogP contribution in [0.15, 0.2) is 47.6 Å². The van der Waals surface area contributed by atoms with Crippen molar-refractivity contribution < 1.29 is 14.3 Å². The number of aryl methyl sites for hydroxylation is 2. The van der Waals surface area contributed by atoms with Gasteiger partial charge in [0.25, 0.3) is 5.91 Å². The number of nitrogens with zero attached hydrogens (tertiary/aromatic N) is 4. The number of carbonyl (C=O) groups excluding carboxylic acids is 2. The molecule has 2 aromatic carbocycles. The monoisotopic (exact) mass is 463 g/mol. The van der Waals surface area contributed by atoms with Gasteiger partial charge in [0.1, 0.15) is 10.6 Å². The third kappa shape index (κ3) is 5.09. The molecule has 9 heteroatoms. The third-order valence-corrected chi connectivity index (χ3v) is 6.33. The van der Waals surface area contributed by atoms with Crippen molar-refractivity contribution in [3.8, 4) is 5.75 Å². The number of amides is 2. The largest absolute Gasteiger partial charge is 0.496 e. The summed E-state index contributed by atoms with van der Waals surface area (Å²) in [7, 11) is 1.65. The second-order valence-electron chi connectivity index (χ2n) is 7.71. The predicted molar refractivity (Wildman–Crippen MR) is 128 cm³/mol. The molecule has 2 heterocycles. The van der Waals surface area contributed by atoms with Crippen LogP contribution in [0.2, 0.25) is 0 Å². The normalized spacial score (nSPS) is 13.1. The highest BCUT2D eigenvalue weighted by atomic mass is 32.1. The molecule has 8 nitrogen and oxygen atoms in total. The fraction of sp³-hybridized carbons (Fsp3) is 0.292. The Hall–Kier alpha value is -3.59. The maximum atomic E-state index is 12.8. The summed E-state index contributed by atoms with van der Waals surface area (Å²) in [6.07, 6.45) is 1.82. The number of benzene rings is 2. The van der Waals surface area contributed by atoms with E-state index in [0.717, 1.165) is 46.1 Å². The van der Waals surface area contributed by atoms with Gasteiger partial charge in [0.15, 0.2) is 0 Å². The van der Waals surface area contributed by atoms with Gasteiger partial charge in [-0.2, -0.15) is 5.10 Å². The van der Waals surface area contributed by atoms with Gasteiger partial charge in [-0.3, -0.25) is 9.59 Å². The SMILES string of the molecule is CCc1cc(CC(=O)N2CCC(c3ccc(NC(=O)c4snnc4C)cc3)=N2)ccc1OC. The van der Waals surface area contributed by atoms with Gasteiger partial charge in [0.2, 0.25) is 5.91 Å². The molecule has 0 bridgehead atoms. The highest BCUT2D eigenvalue weighted by Gasteiger charge is 2.22. The minimum absolute atomic E-state index is 0.0327. The molecule has 0 aliphatic carbocycles. The molecule has 4 rings (SSSR count). The van der Waals surface area contributed by atoms with Gasteiger partial charge in [-0.1, -0.05) is 35.7 Å². The lowest BCUT2D eigenvalue weighted by molar-refractivity contribution is -0.130. The van der Waals surface area contributed by atoms with Gasteiger partial charge < -0.3 is 10.1 Å². The van der Waals surface area contributed by atoms with Crippen molar-refractivity contribution in [1.82, 2.24) is 14.6 Å².